The summed E-state index contributed by atoms with van der Waals surface area (Å²) in [4.78, 5) is 0. The third-order valence-electron chi connectivity index (χ3n) is 4.37. The molecule has 1 aromatic rings. The smallest absolute Gasteiger partial charge is 0.123 e. The highest BCUT2D eigenvalue weighted by molar-refractivity contribution is 5.32. The predicted molar refractivity (Wildman–Crippen MR) is 80.4 cm³/mol. The predicted octanol–water partition coefficient (Wildman–Crippen LogP) is 4.00. The molecular formula is C17H27NO. The third-order valence-corrected chi connectivity index (χ3v) is 4.37. The van der Waals surface area contributed by atoms with Crippen molar-refractivity contribution in [3.05, 3.63) is 29.8 Å². The van der Waals surface area contributed by atoms with Gasteiger partial charge in [-0.3, -0.25) is 0 Å². The zero-order valence-corrected chi connectivity index (χ0v) is 12.3. The van der Waals surface area contributed by atoms with Crippen LogP contribution in [0, 0.1) is 11.8 Å². The fourth-order valence-corrected chi connectivity index (χ4v) is 3.00. The lowest BCUT2D eigenvalue weighted by molar-refractivity contribution is 0.275. The Hall–Kier alpha value is -1.02. The van der Waals surface area contributed by atoms with Crippen LogP contribution >= 0.6 is 0 Å². The number of methoxy groups -OCH3 is 1. The Kier molecular flexibility index (Phi) is 5.71. The number of hydrogen-bond acceptors (Lipinski definition) is 2. The van der Waals surface area contributed by atoms with Gasteiger partial charge in [-0.25, -0.2) is 0 Å². The largest absolute Gasteiger partial charge is 0.496 e. The molecule has 1 aliphatic rings. The van der Waals surface area contributed by atoms with E-state index in [9.17, 15) is 0 Å². The first kappa shape index (κ1) is 14.4. The van der Waals surface area contributed by atoms with Crippen molar-refractivity contribution in [2.75, 3.05) is 13.7 Å². The van der Waals surface area contributed by atoms with Crippen LogP contribution in [-0.4, -0.2) is 13.7 Å². The van der Waals surface area contributed by atoms with Crippen LogP contribution in [0.1, 0.15) is 44.6 Å². The molecular weight excluding hydrogens is 234 g/mol. The van der Waals surface area contributed by atoms with Gasteiger partial charge in [-0.15, -0.1) is 0 Å². The molecule has 1 fully saturated rings. The Morgan fingerprint density at radius 1 is 1.16 bits per heavy atom. The lowest BCUT2D eigenvalue weighted by atomic mass is 9.81. The molecule has 0 heterocycles. The minimum atomic E-state index is 0.910. The van der Waals surface area contributed by atoms with E-state index in [1.54, 1.807) is 7.11 Å². The zero-order valence-electron chi connectivity index (χ0n) is 12.3. The minimum Gasteiger partial charge on any atom is -0.496 e. The number of nitrogens with one attached hydrogen (secondary N) is 1. The molecule has 0 unspecified atom stereocenters. The minimum absolute atomic E-state index is 0.910. The van der Waals surface area contributed by atoms with Crippen molar-refractivity contribution in [1.29, 1.82) is 0 Å². The van der Waals surface area contributed by atoms with Gasteiger partial charge in [-0.05, 0) is 30.9 Å². The maximum atomic E-state index is 5.36. The second-order valence-electron chi connectivity index (χ2n) is 5.90. The van der Waals surface area contributed by atoms with Gasteiger partial charge in [-0.2, -0.15) is 0 Å². The van der Waals surface area contributed by atoms with Gasteiger partial charge in [0.2, 0.25) is 0 Å². The van der Waals surface area contributed by atoms with E-state index in [0.29, 0.717) is 0 Å². The molecule has 0 radical (unpaired) electrons. The summed E-state index contributed by atoms with van der Waals surface area (Å²) in [7, 11) is 1.74. The normalized spacial score (nSPS) is 23.3. The molecule has 1 aliphatic carbocycles. The Morgan fingerprint density at radius 3 is 2.63 bits per heavy atom. The number of hydrogen-bond donors (Lipinski definition) is 1. The lowest BCUT2D eigenvalue weighted by Crippen LogP contribution is -2.20. The SMILES string of the molecule is COc1ccccc1CNCCC1CCC(C)CC1. The van der Waals surface area contributed by atoms with Crippen molar-refractivity contribution in [2.24, 2.45) is 11.8 Å². The quantitative estimate of drug-likeness (QED) is 0.781. The van der Waals surface area contributed by atoms with Gasteiger partial charge in [0.05, 0.1) is 7.11 Å². The average Bonchev–Trinajstić information content (AvgIpc) is 2.46. The highest BCUT2D eigenvalue weighted by atomic mass is 16.5. The fourth-order valence-electron chi connectivity index (χ4n) is 3.00. The summed E-state index contributed by atoms with van der Waals surface area (Å²) in [5.74, 6) is 2.89. The number of benzene rings is 1. The monoisotopic (exact) mass is 261 g/mol. The van der Waals surface area contributed by atoms with Gasteiger partial charge in [0.25, 0.3) is 0 Å². The van der Waals surface area contributed by atoms with Gasteiger partial charge in [0, 0.05) is 12.1 Å². The third kappa shape index (κ3) is 4.54. The average molecular weight is 261 g/mol. The highest BCUT2D eigenvalue weighted by Gasteiger charge is 2.17. The molecule has 106 valence electrons. The number of para-hydroxylation sites is 1. The van der Waals surface area contributed by atoms with Crippen LogP contribution in [0.4, 0.5) is 0 Å². The van der Waals surface area contributed by atoms with Crippen molar-refractivity contribution < 1.29 is 4.74 Å². The molecule has 0 spiro atoms. The fraction of sp³-hybridized carbons (Fsp3) is 0.647. The van der Waals surface area contributed by atoms with Gasteiger partial charge in [0.1, 0.15) is 5.75 Å². The van der Waals surface area contributed by atoms with Crippen LogP contribution in [0.3, 0.4) is 0 Å². The standard InChI is InChI=1S/C17H27NO/c1-14-7-9-15(10-8-14)11-12-18-13-16-5-3-4-6-17(16)19-2/h3-6,14-15,18H,7-13H2,1-2H3. The summed E-state index contributed by atoms with van der Waals surface area (Å²) in [6.07, 6.45) is 7.03. The van der Waals surface area contributed by atoms with Gasteiger partial charge in [-0.1, -0.05) is 50.8 Å². The second-order valence-corrected chi connectivity index (χ2v) is 5.90. The van der Waals surface area contributed by atoms with E-state index in [4.69, 9.17) is 4.74 Å². The van der Waals surface area contributed by atoms with Gasteiger partial charge in [0.15, 0.2) is 0 Å². The topological polar surface area (TPSA) is 21.3 Å². The highest BCUT2D eigenvalue weighted by Crippen LogP contribution is 2.30. The molecule has 0 amide bonds. The maximum absolute atomic E-state index is 5.36. The maximum Gasteiger partial charge on any atom is 0.123 e. The molecule has 1 N–H and O–H groups in total. The Labute approximate surface area is 117 Å². The van der Waals surface area contributed by atoms with Crippen molar-refractivity contribution in [2.45, 2.75) is 45.6 Å². The van der Waals surface area contributed by atoms with E-state index in [1.165, 1.54) is 37.7 Å². The molecule has 2 rings (SSSR count). The Bertz CT molecular complexity index is 369. The summed E-state index contributed by atoms with van der Waals surface area (Å²) in [6.45, 7) is 4.42. The lowest BCUT2D eigenvalue weighted by Gasteiger charge is -2.26. The van der Waals surface area contributed by atoms with Crippen LogP contribution in [-0.2, 0) is 6.54 Å². The van der Waals surface area contributed by atoms with Gasteiger partial charge >= 0.3 is 0 Å². The summed E-state index contributed by atoms with van der Waals surface area (Å²) >= 11 is 0. The van der Waals surface area contributed by atoms with Crippen LogP contribution in [0.2, 0.25) is 0 Å². The van der Waals surface area contributed by atoms with Crippen LogP contribution < -0.4 is 10.1 Å². The van der Waals surface area contributed by atoms with E-state index in [2.05, 4.69) is 24.4 Å². The van der Waals surface area contributed by atoms with E-state index in [-0.39, 0.29) is 0 Å². The zero-order chi connectivity index (χ0) is 13.5. The number of rotatable bonds is 6. The molecule has 0 bridgehead atoms. The Balaban J connectivity index is 1.66. The summed E-state index contributed by atoms with van der Waals surface area (Å²) in [5.41, 5.74) is 1.25. The molecule has 2 heteroatoms. The van der Waals surface area contributed by atoms with E-state index in [0.717, 1.165) is 30.7 Å². The first-order chi connectivity index (χ1) is 9.29. The van der Waals surface area contributed by atoms with Crippen molar-refractivity contribution >= 4 is 0 Å². The second kappa shape index (κ2) is 7.54. The molecule has 2 nitrogen and oxygen atoms in total. The van der Waals surface area contributed by atoms with E-state index in [1.807, 2.05) is 12.1 Å². The molecule has 1 aromatic carbocycles. The summed E-state index contributed by atoms with van der Waals surface area (Å²) < 4.78 is 5.36. The molecule has 0 atom stereocenters. The molecule has 1 saturated carbocycles. The molecule has 0 aromatic heterocycles. The van der Waals surface area contributed by atoms with E-state index < -0.39 is 0 Å². The van der Waals surface area contributed by atoms with Crippen molar-refractivity contribution in [3.63, 3.8) is 0 Å². The first-order valence-corrected chi connectivity index (χ1v) is 7.62. The van der Waals surface area contributed by atoms with Crippen molar-refractivity contribution in [3.8, 4) is 5.75 Å². The number of ether oxygens (including phenoxy) is 1. The molecule has 0 saturated heterocycles. The summed E-state index contributed by atoms with van der Waals surface area (Å²) in [6, 6.07) is 8.25. The first-order valence-electron chi connectivity index (χ1n) is 7.62. The molecule has 0 aliphatic heterocycles. The van der Waals surface area contributed by atoms with Crippen LogP contribution in [0.5, 0.6) is 5.75 Å². The van der Waals surface area contributed by atoms with Crippen LogP contribution in [0.15, 0.2) is 24.3 Å². The van der Waals surface area contributed by atoms with Gasteiger partial charge < -0.3 is 10.1 Å². The summed E-state index contributed by atoms with van der Waals surface area (Å²) in [5, 5.41) is 3.55. The Morgan fingerprint density at radius 2 is 1.89 bits per heavy atom. The molecule has 19 heavy (non-hydrogen) atoms. The van der Waals surface area contributed by atoms with Crippen molar-refractivity contribution in [1.82, 2.24) is 5.32 Å². The van der Waals surface area contributed by atoms with Crippen LogP contribution in [0.25, 0.3) is 0 Å². The van der Waals surface area contributed by atoms with E-state index >= 15 is 0 Å².